The lowest BCUT2D eigenvalue weighted by Crippen LogP contribution is -2.12. The molecule has 0 unspecified atom stereocenters. The summed E-state index contributed by atoms with van der Waals surface area (Å²) in [7, 11) is -4.02. The van der Waals surface area contributed by atoms with Crippen LogP contribution >= 0.6 is 11.6 Å². The molecule has 0 atom stereocenters. The van der Waals surface area contributed by atoms with Gasteiger partial charge >= 0.3 is 6.18 Å². The van der Waals surface area contributed by atoms with Gasteiger partial charge in [-0.3, -0.25) is 0 Å². The van der Waals surface area contributed by atoms with Gasteiger partial charge in [-0.05, 0) is 30.3 Å². The van der Waals surface area contributed by atoms with Crippen LogP contribution in [0.25, 0.3) is 16.9 Å². The van der Waals surface area contributed by atoms with Gasteiger partial charge in [-0.25, -0.2) is 18.2 Å². The third kappa shape index (κ3) is 3.59. The lowest BCUT2D eigenvalue weighted by Gasteiger charge is -2.10. The predicted molar refractivity (Wildman–Crippen MR) is 90.4 cm³/mol. The second kappa shape index (κ2) is 6.42. The van der Waals surface area contributed by atoms with E-state index >= 15 is 0 Å². The van der Waals surface area contributed by atoms with E-state index in [-0.39, 0.29) is 26.9 Å². The van der Waals surface area contributed by atoms with Crippen LogP contribution in [0.3, 0.4) is 0 Å². The molecule has 0 bridgehead atoms. The molecule has 1 heterocycles. The summed E-state index contributed by atoms with van der Waals surface area (Å²) >= 11 is 6.09. The van der Waals surface area contributed by atoms with Gasteiger partial charge < -0.3 is 0 Å². The van der Waals surface area contributed by atoms with Gasteiger partial charge in [-0.2, -0.15) is 18.3 Å². The van der Waals surface area contributed by atoms with Crippen molar-refractivity contribution in [2.45, 2.75) is 11.1 Å². The van der Waals surface area contributed by atoms with E-state index < -0.39 is 21.9 Å². The van der Waals surface area contributed by atoms with Crippen LogP contribution < -0.4 is 5.14 Å². The van der Waals surface area contributed by atoms with Crippen molar-refractivity contribution in [3.05, 3.63) is 65.3 Å². The molecule has 5 nitrogen and oxygen atoms in total. The van der Waals surface area contributed by atoms with Crippen LogP contribution in [0, 0.1) is 0 Å². The van der Waals surface area contributed by atoms with Crippen molar-refractivity contribution < 1.29 is 21.6 Å². The van der Waals surface area contributed by atoms with Gasteiger partial charge in [0.05, 0.1) is 21.3 Å². The Morgan fingerprint density at radius 3 is 2.35 bits per heavy atom. The average Bonchev–Trinajstić information content (AvgIpc) is 3.00. The zero-order valence-corrected chi connectivity index (χ0v) is 14.5. The van der Waals surface area contributed by atoms with Gasteiger partial charge in [-0.15, -0.1) is 0 Å². The lowest BCUT2D eigenvalue weighted by molar-refractivity contribution is -0.141. The smallest absolute Gasteiger partial charge is 0.231 e. The maximum absolute atomic E-state index is 13.2. The van der Waals surface area contributed by atoms with E-state index in [9.17, 15) is 21.6 Å². The molecular weight excluding hydrogens is 391 g/mol. The van der Waals surface area contributed by atoms with Gasteiger partial charge in [0.15, 0.2) is 5.69 Å². The minimum Gasteiger partial charge on any atom is -0.231 e. The number of hydrogen-bond acceptors (Lipinski definition) is 3. The van der Waals surface area contributed by atoms with E-state index in [0.29, 0.717) is 0 Å². The van der Waals surface area contributed by atoms with E-state index in [4.69, 9.17) is 16.7 Å². The summed E-state index contributed by atoms with van der Waals surface area (Å²) in [6.45, 7) is 0. The SMILES string of the molecule is NS(=O)(=O)c1cccc(-c2cc(C(F)(F)F)nn2-c2ccccc2Cl)c1. The molecule has 0 aliphatic rings. The molecule has 1 aromatic heterocycles. The lowest BCUT2D eigenvalue weighted by atomic mass is 10.1. The highest BCUT2D eigenvalue weighted by atomic mass is 35.5. The Morgan fingerprint density at radius 1 is 1.04 bits per heavy atom. The summed E-state index contributed by atoms with van der Waals surface area (Å²) in [6, 6.07) is 12.3. The molecule has 3 aromatic rings. The molecule has 0 amide bonds. The van der Waals surface area contributed by atoms with Gasteiger partial charge in [-0.1, -0.05) is 35.9 Å². The van der Waals surface area contributed by atoms with Gasteiger partial charge in [0, 0.05) is 5.56 Å². The second-order valence-electron chi connectivity index (χ2n) is 5.35. The van der Waals surface area contributed by atoms with Crippen LogP contribution in [0.1, 0.15) is 5.69 Å². The number of aromatic nitrogens is 2. The fourth-order valence-electron chi connectivity index (χ4n) is 2.36. The zero-order chi connectivity index (χ0) is 19.1. The topological polar surface area (TPSA) is 78.0 Å². The highest BCUT2D eigenvalue weighted by molar-refractivity contribution is 7.89. The molecule has 0 radical (unpaired) electrons. The molecule has 26 heavy (non-hydrogen) atoms. The van der Waals surface area contributed by atoms with Crippen molar-refractivity contribution in [3.8, 4) is 16.9 Å². The average molecular weight is 402 g/mol. The molecule has 136 valence electrons. The molecule has 0 saturated heterocycles. The summed E-state index contributed by atoms with van der Waals surface area (Å²) in [5.41, 5.74) is -0.690. The first-order chi connectivity index (χ1) is 12.1. The number of alkyl halides is 3. The molecule has 3 rings (SSSR count). The zero-order valence-electron chi connectivity index (χ0n) is 12.9. The normalized spacial score (nSPS) is 12.3. The van der Waals surface area contributed by atoms with Crippen LogP contribution in [-0.2, 0) is 16.2 Å². The van der Waals surface area contributed by atoms with E-state index in [1.165, 1.54) is 36.4 Å². The Bertz CT molecular complexity index is 1080. The summed E-state index contributed by atoms with van der Waals surface area (Å²) in [5, 5.41) is 8.90. The Balaban J connectivity index is 2.28. The number of benzene rings is 2. The quantitative estimate of drug-likeness (QED) is 0.723. The third-order valence-electron chi connectivity index (χ3n) is 3.54. The molecule has 0 spiro atoms. The number of nitrogens with two attached hydrogens (primary N) is 1. The Labute approximate surface area is 151 Å². The van der Waals surface area contributed by atoms with E-state index in [0.717, 1.165) is 10.7 Å². The summed E-state index contributed by atoms with van der Waals surface area (Å²) < 4.78 is 63.6. The number of rotatable bonds is 3. The highest BCUT2D eigenvalue weighted by Crippen LogP contribution is 2.35. The molecule has 2 aromatic carbocycles. The fraction of sp³-hybridized carbons (Fsp3) is 0.0625. The van der Waals surface area contributed by atoms with Crippen LogP contribution in [0.15, 0.2) is 59.5 Å². The number of nitrogens with zero attached hydrogens (tertiary/aromatic N) is 2. The molecule has 0 aliphatic heterocycles. The van der Waals surface area contributed by atoms with Crippen LogP contribution in [-0.4, -0.2) is 18.2 Å². The van der Waals surface area contributed by atoms with E-state index in [1.807, 2.05) is 0 Å². The Kier molecular flexibility index (Phi) is 4.55. The first-order valence-electron chi connectivity index (χ1n) is 7.13. The summed E-state index contributed by atoms with van der Waals surface area (Å²) in [4.78, 5) is -0.226. The first-order valence-corrected chi connectivity index (χ1v) is 9.05. The molecule has 0 fully saturated rings. The Morgan fingerprint density at radius 2 is 1.73 bits per heavy atom. The van der Waals surface area contributed by atoms with Crippen molar-refractivity contribution in [3.63, 3.8) is 0 Å². The van der Waals surface area contributed by atoms with Crippen LogP contribution in [0.4, 0.5) is 13.2 Å². The number of para-hydroxylation sites is 1. The highest BCUT2D eigenvalue weighted by Gasteiger charge is 2.35. The number of halogens is 4. The largest absolute Gasteiger partial charge is 0.435 e. The number of sulfonamides is 1. The monoisotopic (exact) mass is 401 g/mol. The third-order valence-corrected chi connectivity index (χ3v) is 4.77. The fourth-order valence-corrected chi connectivity index (χ4v) is 3.14. The summed E-state index contributed by atoms with van der Waals surface area (Å²) in [5.74, 6) is 0. The van der Waals surface area contributed by atoms with E-state index in [2.05, 4.69) is 5.10 Å². The predicted octanol–water partition coefficient (Wildman–Crippen LogP) is 3.86. The van der Waals surface area contributed by atoms with Crippen molar-refractivity contribution >= 4 is 21.6 Å². The maximum Gasteiger partial charge on any atom is 0.435 e. The number of primary sulfonamides is 1. The second-order valence-corrected chi connectivity index (χ2v) is 7.32. The van der Waals surface area contributed by atoms with E-state index in [1.54, 1.807) is 12.1 Å². The van der Waals surface area contributed by atoms with Gasteiger partial charge in [0.1, 0.15) is 0 Å². The molecule has 0 saturated carbocycles. The van der Waals surface area contributed by atoms with Crippen molar-refractivity contribution in [2.75, 3.05) is 0 Å². The first kappa shape index (κ1) is 18.4. The van der Waals surface area contributed by atoms with Crippen LogP contribution in [0.2, 0.25) is 5.02 Å². The standard InChI is InChI=1S/C16H11ClF3N3O2S/c17-12-6-1-2-7-13(12)23-14(9-15(22-23)16(18,19)20)10-4-3-5-11(8-10)26(21,24)25/h1-9H,(H2,21,24,25). The minimum absolute atomic E-state index is 0.0240. The van der Waals surface area contributed by atoms with Crippen molar-refractivity contribution in [1.82, 2.24) is 9.78 Å². The van der Waals surface area contributed by atoms with Crippen molar-refractivity contribution in [2.24, 2.45) is 5.14 Å². The van der Waals surface area contributed by atoms with Crippen LogP contribution in [0.5, 0.6) is 0 Å². The van der Waals surface area contributed by atoms with Crippen molar-refractivity contribution in [1.29, 1.82) is 0 Å². The Hall–Kier alpha value is -2.36. The summed E-state index contributed by atoms with van der Waals surface area (Å²) in [6.07, 6.45) is -4.68. The van der Waals surface area contributed by atoms with Gasteiger partial charge in [0.2, 0.25) is 10.0 Å². The molecule has 2 N–H and O–H groups in total. The molecular formula is C16H11ClF3N3O2S. The minimum atomic E-state index is -4.68. The number of hydrogen-bond donors (Lipinski definition) is 1. The molecule has 10 heteroatoms. The van der Waals surface area contributed by atoms with Gasteiger partial charge in [0.25, 0.3) is 0 Å². The molecule has 0 aliphatic carbocycles. The maximum atomic E-state index is 13.2.